The van der Waals surface area contributed by atoms with Gasteiger partial charge in [0.25, 0.3) is 5.91 Å². The molecule has 0 aromatic heterocycles. The number of phenolic OH excluding ortho intramolecular Hbond substituents is 1. The number of anilines is 2. The Bertz CT molecular complexity index is 611. The zero-order valence-corrected chi connectivity index (χ0v) is 10.4. The number of hydrogen-bond donors (Lipinski definition) is 3. The lowest BCUT2D eigenvalue weighted by Gasteiger charge is -2.09. The number of para-hydroxylation sites is 2. The van der Waals surface area contributed by atoms with Crippen molar-refractivity contribution < 1.29 is 14.6 Å². The summed E-state index contributed by atoms with van der Waals surface area (Å²) in [5, 5.41) is 12.2. The number of aromatic hydroxyl groups is 1. The Kier molecular flexibility index (Phi) is 3.56. The van der Waals surface area contributed by atoms with Crippen LogP contribution >= 0.6 is 0 Å². The van der Waals surface area contributed by atoms with Crippen molar-refractivity contribution in [2.45, 2.75) is 0 Å². The first-order valence-corrected chi connectivity index (χ1v) is 5.64. The number of nitrogens with two attached hydrogens (primary N) is 1. The number of benzene rings is 2. The molecular formula is C14H14N2O3. The average Bonchev–Trinajstić information content (AvgIpc) is 2.42. The van der Waals surface area contributed by atoms with Gasteiger partial charge in [-0.25, -0.2) is 0 Å². The summed E-state index contributed by atoms with van der Waals surface area (Å²) in [6.45, 7) is 0. The number of nitrogen functional groups attached to an aromatic ring is 1. The first-order valence-electron chi connectivity index (χ1n) is 5.64. The summed E-state index contributed by atoms with van der Waals surface area (Å²) in [6.07, 6.45) is 0. The second kappa shape index (κ2) is 5.30. The van der Waals surface area contributed by atoms with Gasteiger partial charge >= 0.3 is 0 Å². The van der Waals surface area contributed by atoms with Crippen LogP contribution in [-0.2, 0) is 0 Å². The van der Waals surface area contributed by atoms with Gasteiger partial charge < -0.3 is 20.9 Å². The van der Waals surface area contributed by atoms with Crippen LogP contribution in [0.4, 0.5) is 11.4 Å². The molecule has 0 aliphatic carbocycles. The highest BCUT2D eigenvalue weighted by molar-refractivity contribution is 6.06. The summed E-state index contributed by atoms with van der Waals surface area (Å²) >= 11 is 0. The lowest BCUT2D eigenvalue weighted by molar-refractivity contribution is 0.102. The number of ether oxygens (including phenoxy) is 1. The lowest BCUT2D eigenvalue weighted by Crippen LogP contribution is -2.13. The Morgan fingerprint density at radius 2 is 2.00 bits per heavy atom. The summed E-state index contributed by atoms with van der Waals surface area (Å²) in [5.41, 5.74) is 7.15. The summed E-state index contributed by atoms with van der Waals surface area (Å²) in [4.78, 5) is 12.0. The van der Waals surface area contributed by atoms with E-state index in [-0.39, 0.29) is 17.4 Å². The molecule has 5 nitrogen and oxygen atoms in total. The Labute approximate surface area is 110 Å². The van der Waals surface area contributed by atoms with Crippen LogP contribution in [0.3, 0.4) is 0 Å². The first-order chi connectivity index (χ1) is 9.11. The normalized spacial score (nSPS) is 9.95. The van der Waals surface area contributed by atoms with Crippen LogP contribution in [0.5, 0.6) is 11.5 Å². The van der Waals surface area contributed by atoms with Crippen LogP contribution in [0.2, 0.25) is 0 Å². The molecular weight excluding hydrogens is 244 g/mol. The third kappa shape index (κ3) is 2.77. The molecule has 4 N–H and O–H groups in total. The van der Waals surface area contributed by atoms with E-state index in [9.17, 15) is 9.90 Å². The zero-order valence-electron chi connectivity index (χ0n) is 10.4. The van der Waals surface area contributed by atoms with Gasteiger partial charge in [-0.2, -0.15) is 0 Å². The van der Waals surface area contributed by atoms with Crippen molar-refractivity contribution >= 4 is 17.3 Å². The molecule has 19 heavy (non-hydrogen) atoms. The van der Waals surface area contributed by atoms with Crippen LogP contribution in [0.25, 0.3) is 0 Å². The average molecular weight is 258 g/mol. The maximum atomic E-state index is 12.0. The number of carbonyl (C=O) groups is 1. The van der Waals surface area contributed by atoms with E-state index in [2.05, 4.69) is 5.32 Å². The van der Waals surface area contributed by atoms with Gasteiger partial charge in [0.1, 0.15) is 0 Å². The minimum Gasteiger partial charge on any atom is -0.504 e. The van der Waals surface area contributed by atoms with Crippen LogP contribution in [0.15, 0.2) is 42.5 Å². The molecule has 2 aromatic carbocycles. The molecule has 5 heteroatoms. The van der Waals surface area contributed by atoms with Gasteiger partial charge in [-0.05, 0) is 30.3 Å². The molecule has 0 radical (unpaired) electrons. The highest BCUT2D eigenvalue weighted by Gasteiger charge is 2.10. The maximum absolute atomic E-state index is 12.0. The van der Waals surface area contributed by atoms with Crippen molar-refractivity contribution in [3.63, 3.8) is 0 Å². The SMILES string of the molecule is COc1cc(C(=O)Nc2ccccc2N)ccc1O. The number of methoxy groups -OCH3 is 1. The quantitative estimate of drug-likeness (QED) is 0.737. The molecule has 0 spiro atoms. The van der Waals surface area contributed by atoms with E-state index in [4.69, 9.17) is 10.5 Å². The molecule has 1 amide bonds. The fourth-order valence-electron chi connectivity index (χ4n) is 1.62. The summed E-state index contributed by atoms with van der Waals surface area (Å²) in [7, 11) is 1.42. The van der Waals surface area contributed by atoms with Gasteiger partial charge in [0.15, 0.2) is 11.5 Å². The molecule has 0 atom stereocenters. The number of rotatable bonds is 3. The highest BCUT2D eigenvalue weighted by Crippen LogP contribution is 2.27. The summed E-state index contributed by atoms with van der Waals surface area (Å²) in [6, 6.07) is 11.4. The van der Waals surface area contributed by atoms with Gasteiger partial charge in [-0.15, -0.1) is 0 Å². The minimum atomic E-state index is -0.323. The predicted molar refractivity (Wildman–Crippen MR) is 73.5 cm³/mol. The van der Waals surface area contributed by atoms with Crippen LogP contribution in [0, 0.1) is 0 Å². The fraction of sp³-hybridized carbons (Fsp3) is 0.0714. The van der Waals surface area contributed by atoms with Crippen molar-refractivity contribution in [3.05, 3.63) is 48.0 Å². The Hall–Kier alpha value is -2.69. The monoisotopic (exact) mass is 258 g/mol. The van der Waals surface area contributed by atoms with Gasteiger partial charge in [0, 0.05) is 5.56 Å². The van der Waals surface area contributed by atoms with Crippen molar-refractivity contribution in [2.24, 2.45) is 0 Å². The van der Waals surface area contributed by atoms with E-state index in [1.165, 1.54) is 25.3 Å². The lowest BCUT2D eigenvalue weighted by atomic mass is 10.1. The third-order valence-electron chi connectivity index (χ3n) is 2.65. The number of phenols is 1. The minimum absolute atomic E-state index is 0.0155. The second-order valence-corrected chi connectivity index (χ2v) is 3.93. The first kappa shape index (κ1) is 12.8. The molecule has 0 bridgehead atoms. The highest BCUT2D eigenvalue weighted by atomic mass is 16.5. The van der Waals surface area contributed by atoms with Gasteiger partial charge in [-0.3, -0.25) is 4.79 Å². The number of nitrogens with one attached hydrogen (secondary N) is 1. The van der Waals surface area contributed by atoms with Crippen LogP contribution in [-0.4, -0.2) is 18.1 Å². The Morgan fingerprint density at radius 1 is 1.26 bits per heavy atom. The van der Waals surface area contributed by atoms with E-state index in [0.717, 1.165) is 0 Å². The van der Waals surface area contributed by atoms with Crippen molar-refractivity contribution in [2.75, 3.05) is 18.2 Å². The molecule has 2 aromatic rings. The number of amides is 1. The molecule has 0 aliphatic heterocycles. The molecule has 2 rings (SSSR count). The van der Waals surface area contributed by atoms with E-state index in [1.54, 1.807) is 24.3 Å². The van der Waals surface area contributed by atoms with Crippen molar-refractivity contribution in [1.29, 1.82) is 0 Å². The fourth-order valence-corrected chi connectivity index (χ4v) is 1.62. The zero-order chi connectivity index (χ0) is 13.8. The van der Waals surface area contributed by atoms with Crippen LogP contribution < -0.4 is 15.8 Å². The molecule has 0 heterocycles. The van der Waals surface area contributed by atoms with Gasteiger partial charge in [0.05, 0.1) is 18.5 Å². The largest absolute Gasteiger partial charge is 0.504 e. The van der Waals surface area contributed by atoms with E-state index in [1.807, 2.05) is 0 Å². The van der Waals surface area contributed by atoms with E-state index < -0.39 is 0 Å². The van der Waals surface area contributed by atoms with E-state index in [0.29, 0.717) is 16.9 Å². The van der Waals surface area contributed by atoms with Gasteiger partial charge in [-0.1, -0.05) is 12.1 Å². The van der Waals surface area contributed by atoms with Gasteiger partial charge in [0.2, 0.25) is 0 Å². The summed E-state index contributed by atoms with van der Waals surface area (Å²) in [5.74, 6) is -0.0943. The third-order valence-corrected chi connectivity index (χ3v) is 2.65. The predicted octanol–water partition coefficient (Wildman–Crippen LogP) is 2.24. The van der Waals surface area contributed by atoms with E-state index >= 15 is 0 Å². The van der Waals surface area contributed by atoms with Crippen molar-refractivity contribution in [1.82, 2.24) is 0 Å². The molecule has 98 valence electrons. The number of carbonyl (C=O) groups excluding carboxylic acids is 1. The topological polar surface area (TPSA) is 84.6 Å². The Balaban J connectivity index is 2.23. The summed E-state index contributed by atoms with van der Waals surface area (Å²) < 4.78 is 4.96. The molecule has 0 saturated heterocycles. The Morgan fingerprint density at radius 3 is 2.68 bits per heavy atom. The molecule has 0 fully saturated rings. The molecule has 0 saturated carbocycles. The second-order valence-electron chi connectivity index (χ2n) is 3.93. The molecule has 0 aliphatic rings. The smallest absolute Gasteiger partial charge is 0.255 e. The standard InChI is InChI=1S/C14H14N2O3/c1-19-13-8-9(6-7-12(13)17)14(18)16-11-5-3-2-4-10(11)15/h2-8,17H,15H2,1H3,(H,16,18). The van der Waals surface area contributed by atoms with Crippen LogP contribution in [0.1, 0.15) is 10.4 Å². The molecule has 0 unspecified atom stereocenters. The maximum Gasteiger partial charge on any atom is 0.255 e. The number of hydrogen-bond acceptors (Lipinski definition) is 4. The van der Waals surface area contributed by atoms with Crippen molar-refractivity contribution in [3.8, 4) is 11.5 Å².